The Labute approximate surface area is 176 Å². The summed E-state index contributed by atoms with van der Waals surface area (Å²) in [6, 6.07) is 1.74. The molecule has 0 atom stereocenters. The minimum absolute atomic E-state index is 0.0265. The number of piperidine rings is 1. The van der Waals surface area contributed by atoms with Gasteiger partial charge in [0.25, 0.3) is 11.8 Å². The molecule has 30 heavy (non-hydrogen) atoms. The van der Waals surface area contributed by atoms with Crippen LogP contribution in [0.3, 0.4) is 0 Å². The van der Waals surface area contributed by atoms with Gasteiger partial charge in [-0.3, -0.25) is 9.59 Å². The van der Waals surface area contributed by atoms with Gasteiger partial charge in [-0.1, -0.05) is 0 Å². The Morgan fingerprint density at radius 2 is 2.07 bits per heavy atom. The van der Waals surface area contributed by atoms with Crippen molar-refractivity contribution >= 4 is 11.8 Å². The molecule has 0 aromatic carbocycles. The largest absolute Gasteiger partial charge is 0.473 e. The Morgan fingerprint density at radius 3 is 2.70 bits per heavy atom. The summed E-state index contributed by atoms with van der Waals surface area (Å²) in [7, 11) is 1.59. The van der Waals surface area contributed by atoms with Gasteiger partial charge < -0.3 is 19.5 Å². The molecular formula is C21H29N5O4. The summed E-state index contributed by atoms with van der Waals surface area (Å²) in [6.07, 6.45) is 4.09. The lowest BCUT2D eigenvalue weighted by Gasteiger charge is -2.31. The first-order chi connectivity index (χ1) is 14.4. The minimum atomic E-state index is -0.186. The summed E-state index contributed by atoms with van der Waals surface area (Å²) < 4.78 is 10.7. The van der Waals surface area contributed by atoms with E-state index in [1.165, 1.54) is 0 Å². The van der Waals surface area contributed by atoms with Crippen LogP contribution in [-0.4, -0.2) is 58.1 Å². The molecule has 1 fully saturated rings. The zero-order valence-corrected chi connectivity index (χ0v) is 18.0. The molecule has 9 nitrogen and oxygen atoms in total. The van der Waals surface area contributed by atoms with Crippen molar-refractivity contribution in [2.75, 3.05) is 20.1 Å². The van der Waals surface area contributed by atoms with Gasteiger partial charge in [0.1, 0.15) is 11.6 Å². The average molecular weight is 415 g/mol. The Kier molecular flexibility index (Phi) is 7.02. The first-order valence-corrected chi connectivity index (χ1v) is 10.3. The topological polar surface area (TPSA) is 110 Å². The van der Waals surface area contributed by atoms with E-state index in [9.17, 15) is 9.59 Å². The Hall–Kier alpha value is -2.97. The molecule has 2 amide bonds. The number of rotatable bonds is 7. The number of carbonyl (C=O) groups is 2. The van der Waals surface area contributed by atoms with Crippen LogP contribution in [0.25, 0.3) is 0 Å². The normalized spacial score (nSPS) is 14.8. The van der Waals surface area contributed by atoms with Gasteiger partial charge in [0.2, 0.25) is 5.91 Å². The number of likely N-dealkylation sites (tertiary alicyclic amines) is 1. The van der Waals surface area contributed by atoms with Crippen LogP contribution >= 0.6 is 0 Å². The molecule has 0 spiro atoms. The third kappa shape index (κ3) is 5.34. The fourth-order valence-electron chi connectivity index (χ4n) is 3.52. The first-order valence-electron chi connectivity index (χ1n) is 10.3. The highest BCUT2D eigenvalue weighted by Gasteiger charge is 2.26. The van der Waals surface area contributed by atoms with Crippen LogP contribution in [-0.2, 0) is 11.2 Å². The summed E-state index contributed by atoms with van der Waals surface area (Å²) >= 11 is 0. The number of hydrogen-bond acceptors (Lipinski definition) is 7. The molecule has 3 heterocycles. The molecule has 1 N–H and O–H groups in total. The van der Waals surface area contributed by atoms with Gasteiger partial charge in [0, 0.05) is 51.2 Å². The van der Waals surface area contributed by atoms with E-state index in [2.05, 4.69) is 20.4 Å². The second kappa shape index (κ2) is 9.69. The van der Waals surface area contributed by atoms with Crippen molar-refractivity contribution in [3.8, 4) is 5.88 Å². The van der Waals surface area contributed by atoms with Crippen molar-refractivity contribution in [1.29, 1.82) is 0 Å². The van der Waals surface area contributed by atoms with Gasteiger partial charge >= 0.3 is 0 Å². The number of ether oxygens (including phenoxy) is 1. The zero-order chi connectivity index (χ0) is 21.7. The van der Waals surface area contributed by atoms with Crippen molar-refractivity contribution in [3.05, 3.63) is 35.1 Å². The van der Waals surface area contributed by atoms with E-state index in [4.69, 9.17) is 9.26 Å². The lowest BCUT2D eigenvalue weighted by Crippen LogP contribution is -2.38. The number of amides is 2. The van der Waals surface area contributed by atoms with Crippen molar-refractivity contribution in [2.45, 2.75) is 58.5 Å². The van der Waals surface area contributed by atoms with E-state index in [-0.39, 0.29) is 23.8 Å². The van der Waals surface area contributed by atoms with Crippen molar-refractivity contribution in [1.82, 2.24) is 25.3 Å². The maximum absolute atomic E-state index is 12.6. The summed E-state index contributed by atoms with van der Waals surface area (Å²) in [5.74, 6) is 1.94. The van der Waals surface area contributed by atoms with Gasteiger partial charge in [-0.25, -0.2) is 9.97 Å². The Morgan fingerprint density at radius 1 is 1.33 bits per heavy atom. The number of nitrogens with zero attached hydrogens (tertiary/aromatic N) is 4. The molecule has 0 radical (unpaired) electrons. The van der Waals surface area contributed by atoms with Crippen LogP contribution < -0.4 is 10.1 Å². The molecule has 0 bridgehead atoms. The first kappa shape index (κ1) is 21.7. The van der Waals surface area contributed by atoms with E-state index in [1.54, 1.807) is 19.3 Å². The van der Waals surface area contributed by atoms with Gasteiger partial charge in [0.05, 0.1) is 17.4 Å². The molecule has 2 aromatic rings. The lowest BCUT2D eigenvalue weighted by molar-refractivity contribution is -0.132. The van der Waals surface area contributed by atoms with Gasteiger partial charge in [0.15, 0.2) is 0 Å². The average Bonchev–Trinajstić information content (AvgIpc) is 3.18. The molecular weight excluding hydrogens is 386 g/mol. The Bertz CT molecular complexity index is 887. The molecule has 1 saturated heterocycles. The molecule has 1 aliphatic rings. The van der Waals surface area contributed by atoms with Crippen LogP contribution in [0, 0.1) is 6.92 Å². The third-order valence-corrected chi connectivity index (χ3v) is 5.16. The number of aryl methyl sites for hydroxylation is 2. The highest BCUT2D eigenvalue weighted by molar-refractivity contribution is 5.94. The molecule has 2 aromatic heterocycles. The fraction of sp³-hybridized carbons (Fsp3) is 0.571. The van der Waals surface area contributed by atoms with Gasteiger partial charge in [-0.05, 0) is 38.8 Å². The molecule has 162 valence electrons. The van der Waals surface area contributed by atoms with Crippen LogP contribution in [0.15, 0.2) is 16.8 Å². The highest BCUT2D eigenvalue weighted by atomic mass is 16.5. The SMILES string of the molecule is CNC(=O)c1cnc(C2CCN(C(=O)CCc3cc(OC(C)C)no3)CC2)nc1C. The van der Waals surface area contributed by atoms with E-state index >= 15 is 0 Å². The smallest absolute Gasteiger partial charge is 0.254 e. The van der Waals surface area contributed by atoms with Crippen LogP contribution in [0.1, 0.15) is 66.7 Å². The van der Waals surface area contributed by atoms with Crippen LogP contribution in [0.2, 0.25) is 0 Å². The molecule has 9 heteroatoms. The van der Waals surface area contributed by atoms with Crippen LogP contribution in [0.5, 0.6) is 5.88 Å². The van der Waals surface area contributed by atoms with Crippen molar-refractivity contribution in [3.63, 3.8) is 0 Å². The third-order valence-electron chi connectivity index (χ3n) is 5.16. The quantitative estimate of drug-likeness (QED) is 0.738. The number of aromatic nitrogens is 3. The van der Waals surface area contributed by atoms with Gasteiger partial charge in [-0.2, -0.15) is 0 Å². The molecule has 0 aliphatic carbocycles. The molecule has 1 aliphatic heterocycles. The number of hydrogen-bond donors (Lipinski definition) is 1. The Balaban J connectivity index is 1.49. The summed E-state index contributed by atoms with van der Waals surface area (Å²) in [5.41, 5.74) is 1.16. The fourth-order valence-corrected chi connectivity index (χ4v) is 3.52. The molecule has 0 saturated carbocycles. The van der Waals surface area contributed by atoms with Crippen LogP contribution in [0.4, 0.5) is 0 Å². The summed E-state index contributed by atoms with van der Waals surface area (Å²) in [6.45, 7) is 6.99. The standard InChI is InChI=1S/C21H29N5O4/c1-13(2)29-18-11-16(30-25-18)5-6-19(27)26-9-7-15(8-10-26)20-23-12-17(14(3)24-20)21(28)22-4/h11-13,15H,5-10H2,1-4H3,(H,22,28). The second-order valence-corrected chi connectivity index (χ2v) is 7.76. The van der Waals surface area contributed by atoms with E-state index in [0.29, 0.717) is 48.8 Å². The van der Waals surface area contributed by atoms with Crippen molar-refractivity contribution < 1.29 is 18.8 Å². The maximum Gasteiger partial charge on any atom is 0.254 e. The molecule has 3 rings (SSSR count). The van der Waals surface area contributed by atoms with E-state index < -0.39 is 0 Å². The number of carbonyl (C=O) groups excluding carboxylic acids is 2. The molecule has 0 unspecified atom stereocenters. The lowest BCUT2D eigenvalue weighted by atomic mass is 9.95. The minimum Gasteiger partial charge on any atom is -0.473 e. The second-order valence-electron chi connectivity index (χ2n) is 7.76. The number of nitrogens with one attached hydrogen (secondary N) is 1. The highest BCUT2D eigenvalue weighted by Crippen LogP contribution is 2.26. The predicted octanol–water partition coefficient (Wildman–Crippen LogP) is 2.26. The van der Waals surface area contributed by atoms with E-state index in [0.717, 1.165) is 18.7 Å². The van der Waals surface area contributed by atoms with Crippen molar-refractivity contribution in [2.24, 2.45) is 0 Å². The predicted molar refractivity (Wildman–Crippen MR) is 109 cm³/mol. The van der Waals surface area contributed by atoms with Gasteiger partial charge in [-0.15, -0.1) is 0 Å². The monoisotopic (exact) mass is 415 g/mol. The summed E-state index contributed by atoms with van der Waals surface area (Å²) in [4.78, 5) is 35.2. The maximum atomic E-state index is 12.6. The zero-order valence-electron chi connectivity index (χ0n) is 18.0. The van der Waals surface area contributed by atoms with E-state index in [1.807, 2.05) is 25.7 Å². The summed E-state index contributed by atoms with van der Waals surface area (Å²) in [5, 5.41) is 6.45.